The van der Waals surface area contributed by atoms with E-state index in [-0.39, 0.29) is 23.0 Å². The molecule has 4 aromatic rings. The third-order valence-corrected chi connectivity index (χ3v) is 8.58. The Morgan fingerprint density at radius 1 is 0.600 bits per heavy atom. The molecular weight excluding hydrogens is 492 g/mol. The first-order chi connectivity index (χ1) is 19.1. The van der Waals surface area contributed by atoms with Gasteiger partial charge >= 0.3 is 5.97 Å². The summed E-state index contributed by atoms with van der Waals surface area (Å²) in [6.45, 7) is 8.62. The van der Waals surface area contributed by atoms with E-state index in [0.717, 1.165) is 16.7 Å². The average Bonchev–Trinajstić information content (AvgIpc) is 2.96. The lowest BCUT2D eigenvalue weighted by Gasteiger charge is -2.46. The molecule has 40 heavy (non-hydrogen) atoms. The van der Waals surface area contributed by atoms with Crippen molar-refractivity contribution in [3.63, 3.8) is 0 Å². The van der Waals surface area contributed by atoms with Gasteiger partial charge in [-0.1, -0.05) is 149 Å². The second-order valence-corrected chi connectivity index (χ2v) is 12.1. The molecule has 3 unspecified atom stereocenters. The van der Waals surface area contributed by atoms with E-state index in [9.17, 15) is 14.7 Å². The first-order valence-electron chi connectivity index (χ1n) is 14.1. The monoisotopic (exact) mass is 532 g/mol. The van der Waals surface area contributed by atoms with Crippen LogP contribution in [-0.4, -0.2) is 16.9 Å². The van der Waals surface area contributed by atoms with E-state index in [1.165, 1.54) is 0 Å². The van der Waals surface area contributed by atoms with Crippen molar-refractivity contribution < 1.29 is 14.7 Å². The van der Waals surface area contributed by atoms with Gasteiger partial charge in [-0.2, -0.15) is 0 Å². The molecule has 0 aromatic heterocycles. The van der Waals surface area contributed by atoms with Gasteiger partial charge in [0, 0.05) is 12.0 Å². The first kappa shape index (κ1) is 29.0. The largest absolute Gasteiger partial charge is 0.481 e. The van der Waals surface area contributed by atoms with Crippen LogP contribution >= 0.6 is 0 Å². The van der Waals surface area contributed by atoms with Crippen molar-refractivity contribution >= 4 is 11.8 Å². The number of rotatable bonds is 12. The number of carbonyl (C=O) groups excluding carboxylic acids is 1. The third-order valence-electron chi connectivity index (χ3n) is 8.58. The minimum atomic E-state index is -0.820. The number of hydrogen-bond donors (Lipinski definition) is 1. The summed E-state index contributed by atoms with van der Waals surface area (Å²) in [5, 5.41) is 10.4. The van der Waals surface area contributed by atoms with Gasteiger partial charge < -0.3 is 5.11 Å². The van der Waals surface area contributed by atoms with Crippen LogP contribution in [-0.2, 0) is 4.79 Å². The van der Waals surface area contributed by atoms with Gasteiger partial charge in [0.2, 0.25) is 0 Å². The van der Waals surface area contributed by atoms with Crippen molar-refractivity contribution in [1.82, 2.24) is 0 Å². The van der Waals surface area contributed by atoms with Crippen LogP contribution in [0.25, 0.3) is 0 Å². The first-order valence-corrected chi connectivity index (χ1v) is 14.1. The number of carboxylic acids is 1. The molecule has 3 nitrogen and oxygen atoms in total. The van der Waals surface area contributed by atoms with Gasteiger partial charge in [-0.15, -0.1) is 0 Å². The highest BCUT2D eigenvalue weighted by molar-refractivity contribution is 5.96. The quantitative estimate of drug-likeness (QED) is 0.185. The Hall–Kier alpha value is -3.98. The van der Waals surface area contributed by atoms with Crippen molar-refractivity contribution in [2.24, 2.45) is 10.8 Å². The predicted octanol–water partition coefficient (Wildman–Crippen LogP) is 9.14. The van der Waals surface area contributed by atoms with Crippen LogP contribution in [0.2, 0.25) is 0 Å². The van der Waals surface area contributed by atoms with E-state index in [1.807, 2.05) is 97.1 Å². The maximum absolute atomic E-state index is 13.6. The summed E-state index contributed by atoms with van der Waals surface area (Å²) < 4.78 is 0. The van der Waals surface area contributed by atoms with Gasteiger partial charge in [0.1, 0.15) is 0 Å². The molecule has 0 aliphatic rings. The summed E-state index contributed by atoms with van der Waals surface area (Å²) in [5.41, 5.74) is 2.84. The van der Waals surface area contributed by atoms with Crippen LogP contribution in [0.1, 0.15) is 85.3 Å². The second-order valence-electron chi connectivity index (χ2n) is 12.1. The predicted molar refractivity (Wildman–Crippen MR) is 163 cm³/mol. The van der Waals surface area contributed by atoms with Crippen molar-refractivity contribution in [3.8, 4) is 0 Å². The Balaban J connectivity index is 1.79. The van der Waals surface area contributed by atoms with E-state index in [0.29, 0.717) is 18.4 Å². The van der Waals surface area contributed by atoms with Crippen LogP contribution < -0.4 is 0 Å². The summed E-state index contributed by atoms with van der Waals surface area (Å²) in [6.07, 6.45) is 1.00. The fourth-order valence-corrected chi connectivity index (χ4v) is 6.38. The van der Waals surface area contributed by atoms with Crippen molar-refractivity contribution in [2.45, 2.75) is 58.3 Å². The molecule has 0 saturated heterocycles. The van der Waals surface area contributed by atoms with Gasteiger partial charge in [-0.3, -0.25) is 9.59 Å². The van der Waals surface area contributed by atoms with Crippen LogP contribution in [0.4, 0.5) is 0 Å². The zero-order valence-corrected chi connectivity index (χ0v) is 24.0. The molecule has 0 bridgehead atoms. The zero-order valence-electron chi connectivity index (χ0n) is 24.0. The van der Waals surface area contributed by atoms with Crippen LogP contribution in [0, 0.1) is 10.8 Å². The van der Waals surface area contributed by atoms with E-state index in [4.69, 9.17) is 0 Å². The lowest BCUT2D eigenvalue weighted by molar-refractivity contribution is -0.142. The second kappa shape index (κ2) is 12.5. The molecule has 0 aliphatic carbocycles. The SMILES string of the molecule is CC(C)(CC(c1ccccc1)C(C)(C)C(CC(=O)c1ccccc1)c1ccccc1)C(C(=O)O)c1ccccc1. The lowest BCUT2D eigenvalue weighted by atomic mass is 9.57. The highest BCUT2D eigenvalue weighted by atomic mass is 16.4. The molecule has 3 heteroatoms. The Morgan fingerprint density at radius 3 is 1.45 bits per heavy atom. The van der Waals surface area contributed by atoms with E-state index < -0.39 is 17.3 Å². The molecule has 0 aliphatic heterocycles. The Bertz CT molecular complexity index is 1380. The normalized spacial score (nSPS) is 14.2. The molecule has 0 radical (unpaired) electrons. The average molecular weight is 533 g/mol. The van der Waals surface area contributed by atoms with Crippen molar-refractivity contribution in [3.05, 3.63) is 144 Å². The number of aliphatic carboxylic acids is 1. The van der Waals surface area contributed by atoms with E-state index in [1.54, 1.807) is 0 Å². The number of Topliss-reactive ketones (excluding diaryl/α,β-unsaturated/α-hetero) is 1. The molecule has 0 fully saturated rings. The smallest absolute Gasteiger partial charge is 0.311 e. The van der Waals surface area contributed by atoms with Crippen molar-refractivity contribution in [1.29, 1.82) is 0 Å². The van der Waals surface area contributed by atoms with Gasteiger partial charge in [-0.05, 0) is 45.8 Å². The molecule has 1 N–H and O–H groups in total. The Labute approximate surface area is 238 Å². The molecule has 0 saturated carbocycles. The molecule has 4 aromatic carbocycles. The maximum Gasteiger partial charge on any atom is 0.311 e. The highest BCUT2D eigenvalue weighted by Gasteiger charge is 2.45. The van der Waals surface area contributed by atoms with Gasteiger partial charge in [0.05, 0.1) is 5.92 Å². The fraction of sp³-hybridized carbons (Fsp3) is 0.297. The summed E-state index contributed by atoms with van der Waals surface area (Å²) in [5.74, 6) is -1.47. The third kappa shape index (κ3) is 6.59. The number of hydrogen-bond acceptors (Lipinski definition) is 2. The Morgan fingerprint density at radius 2 is 1.00 bits per heavy atom. The summed E-state index contributed by atoms with van der Waals surface area (Å²) >= 11 is 0. The number of benzene rings is 4. The van der Waals surface area contributed by atoms with Crippen molar-refractivity contribution in [2.75, 3.05) is 0 Å². The lowest BCUT2D eigenvalue weighted by Crippen LogP contribution is -2.37. The number of carbonyl (C=O) groups is 2. The summed E-state index contributed by atoms with van der Waals surface area (Å²) in [6, 6.07) is 39.7. The topological polar surface area (TPSA) is 54.4 Å². The zero-order chi connectivity index (χ0) is 28.8. The maximum atomic E-state index is 13.6. The van der Waals surface area contributed by atoms with Crippen LogP contribution in [0.3, 0.4) is 0 Å². The molecule has 3 atom stereocenters. The van der Waals surface area contributed by atoms with E-state index >= 15 is 0 Å². The molecule has 0 spiro atoms. The minimum absolute atomic E-state index is 0.0111. The molecule has 0 heterocycles. The number of carboxylic acid groups (broad SMARTS) is 1. The standard InChI is InChI=1S/C37H40O3/c1-36(2,34(35(39)40)30-23-15-8-16-24-30)26-32(28-19-11-6-12-20-28)37(3,4)31(27-17-9-5-10-18-27)25-33(38)29-21-13-7-14-22-29/h5-24,31-32,34H,25-26H2,1-4H3,(H,39,40). The molecule has 4 rings (SSSR count). The van der Waals surface area contributed by atoms with Gasteiger partial charge in [0.25, 0.3) is 0 Å². The fourth-order valence-electron chi connectivity index (χ4n) is 6.38. The molecular formula is C37H40O3. The molecule has 0 amide bonds. The minimum Gasteiger partial charge on any atom is -0.481 e. The summed E-state index contributed by atoms with van der Waals surface area (Å²) in [7, 11) is 0. The highest BCUT2D eigenvalue weighted by Crippen LogP contribution is 2.54. The van der Waals surface area contributed by atoms with E-state index in [2.05, 4.69) is 52.0 Å². The summed E-state index contributed by atoms with van der Waals surface area (Å²) in [4.78, 5) is 26.4. The van der Waals surface area contributed by atoms with Crippen LogP contribution in [0.5, 0.6) is 0 Å². The van der Waals surface area contributed by atoms with Gasteiger partial charge in [0.15, 0.2) is 5.78 Å². The Kier molecular flexibility index (Phi) is 9.04. The number of ketones is 1. The van der Waals surface area contributed by atoms with Gasteiger partial charge in [-0.25, -0.2) is 0 Å². The van der Waals surface area contributed by atoms with Crippen LogP contribution in [0.15, 0.2) is 121 Å². The molecule has 206 valence electrons.